The quantitative estimate of drug-likeness (QED) is 0.0584. The second-order valence-electron chi connectivity index (χ2n) is 25.1. The SMILES string of the molecule is CC[C@H](O[C@@H]1C[C@H](OC(=O)c2ccc(O)c(O)c2)[C@@H](OC)[C@H](C)O1)[C@H](C)[C@H](O)[C@@H](C)[C@H](O)[C@H](C)[C@@H]1OC(=O)C=C[C@H](C)[C@H](O)C[C@H](O)[C@@H](C)CCC[C@@H](C)[C@H](O)C(=O)[C@]2(O)O[C@H](C[C@@H](OC(C)=O)C[C@H](O)CCC[C@@H](O)[C@@H]3O[C@H]3[C@@H]1C)C[C@H](O)[C@H]2O. The average molecular weight is 1230 g/mol. The van der Waals surface area contributed by atoms with Gasteiger partial charge in [0.2, 0.25) is 5.78 Å². The summed E-state index contributed by atoms with van der Waals surface area (Å²) in [5.41, 5.74) is -0.00680. The fourth-order valence-corrected chi connectivity index (χ4v) is 12.6. The standard InChI is InChI=1S/C62H100O24/c1-12-48(82-51-28-49(57(79-11)36(9)80-51)83-61(77)38-20-21-42(65)46(69)23-38)32(5)53(73)33(6)54(74)34(7)55-35(8)56-58(85-56)43(66)18-14-17-39(64)24-40(81-37(10)63)25-41-26-47(70)59(75)62(78,86-41)60(76)52(72)31(4)16-13-15-29(2)44(67)27-45(68)30(3)19-22-50(71)84-55/h19-23,29-36,39-41,43-45,47-49,51-59,64-70,72-75,78H,12-18,24-28H2,1-11H3/t29-,30-,31+,32-,33+,34-,35+,36-,39+,40-,41+,43+,44-,45+,47-,48-,49-,51+,52-,53-,54-,55-,56-,57-,58-,59+,62+/m0/s1. The number of fused-ring (bicyclic) bond motifs is 3. The molecule has 5 rings (SSSR count). The van der Waals surface area contributed by atoms with Gasteiger partial charge in [-0.05, 0) is 75.5 Å². The van der Waals surface area contributed by atoms with Crippen molar-refractivity contribution in [3.63, 3.8) is 0 Å². The summed E-state index contributed by atoms with van der Waals surface area (Å²) in [4.78, 5) is 53.0. The highest BCUT2D eigenvalue weighted by molar-refractivity contribution is 5.91. The van der Waals surface area contributed by atoms with E-state index in [1.807, 2.05) is 6.92 Å². The van der Waals surface area contributed by atoms with Crippen molar-refractivity contribution >= 4 is 23.7 Å². The fraction of sp³-hybridized carbons (Fsp3) is 0.806. The van der Waals surface area contributed by atoms with Crippen molar-refractivity contribution in [3.05, 3.63) is 35.9 Å². The number of hydrogen-bond donors (Lipinski definition) is 12. The van der Waals surface area contributed by atoms with Gasteiger partial charge in [-0.1, -0.05) is 67.9 Å². The zero-order valence-electron chi connectivity index (χ0n) is 51.6. The van der Waals surface area contributed by atoms with Crippen molar-refractivity contribution in [3.8, 4) is 11.5 Å². The molecule has 3 saturated heterocycles. The first-order valence-corrected chi connectivity index (χ1v) is 30.7. The van der Waals surface area contributed by atoms with Gasteiger partial charge < -0.3 is 99.2 Å². The van der Waals surface area contributed by atoms with Gasteiger partial charge in [0.05, 0.1) is 72.7 Å². The Morgan fingerprint density at radius 1 is 0.744 bits per heavy atom. The zero-order chi connectivity index (χ0) is 64.2. The van der Waals surface area contributed by atoms with Crippen LogP contribution < -0.4 is 0 Å². The summed E-state index contributed by atoms with van der Waals surface area (Å²) in [6, 6.07) is 3.55. The number of cyclic esters (lactones) is 1. The van der Waals surface area contributed by atoms with Crippen LogP contribution in [0.4, 0.5) is 0 Å². The normalized spacial score (nSPS) is 39.2. The van der Waals surface area contributed by atoms with Gasteiger partial charge in [-0.2, -0.15) is 0 Å². The molecule has 1 aromatic rings. The molecule has 27 atom stereocenters. The van der Waals surface area contributed by atoms with E-state index in [4.69, 9.17) is 37.9 Å². The second kappa shape index (κ2) is 32.7. The number of ketones is 1. The van der Waals surface area contributed by atoms with Crippen LogP contribution in [0.2, 0.25) is 0 Å². The Balaban J connectivity index is 1.32. The molecule has 0 unspecified atom stereocenters. The number of epoxide rings is 1. The number of Topliss-reactive ketones (excluding diaryl/α,β-unsaturated/α-hetero) is 1. The number of benzene rings is 1. The zero-order valence-corrected chi connectivity index (χ0v) is 51.6. The molecule has 24 heteroatoms. The summed E-state index contributed by atoms with van der Waals surface area (Å²) in [7, 11) is 1.45. The lowest BCUT2D eigenvalue weighted by Crippen LogP contribution is -2.65. The molecule has 4 aliphatic rings. The van der Waals surface area contributed by atoms with Crippen LogP contribution in [-0.4, -0.2) is 214 Å². The molecule has 0 spiro atoms. The minimum atomic E-state index is -3.04. The Kier molecular flexibility index (Phi) is 27.7. The van der Waals surface area contributed by atoms with E-state index in [2.05, 4.69) is 0 Å². The first-order valence-electron chi connectivity index (χ1n) is 30.7. The third-order valence-electron chi connectivity index (χ3n) is 18.4. The Bertz CT molecular complexity index is 2340. The number of hydrogen-bond acceptors (Lipinski definition) is 24. The smallest absolute Gasteiger partial charge is 0.338 e. The number of ether oxygens (including phenoxy) is 8. The van der Waals surface area contributed by atoms with Crippen molar-refractivity contribution in [1.29, 1.82) is 0 Å². The highest BCUT2D eigenvalue weighted by Crippen LogP contribution is 2.41. The van der Waals surface area contributed by atoms with Crippen LogP contribution >= 0.6 is 0 Å². The topological polar surface area (TPSA) is 388 Å². The lowest BCUT2D eigenvalue weighted by atomic mass is 9.77. The van der Waals surface area contributed by atoms with Crippen molar-refractivity contribution in [1.82, 2.24) is 0 Å². The van der Waals surface area contributed by atoms with Gasteiger partial charge in [-0.25, -0.2) is 9.59 Å². The molecule has 0 aromatic heterocycles. The molecule has 492 valence electrons. The maximum atomic E-state index is 13.8. The largest absolute Gasteiger partial charge is 0.504 e. The van der Waals surface area contributed by atoms with Crippen molar-refractivity contribution in [2.45, 2.75) is 268 Å². The van der Waals surface area contributed by atoms with E-state index in [9.17, 15) is 80.5 Å². The van der Waals surface area contributed by atoms with E-state index in [1.165, 1.54) is 19.3 Å². The van der Waals surface area contributed by atoms with Gasteiger partial charge in [0.1, 0.15) is 42.7 Å². The van der Waals surface area contributed by atoms with Crippen LogP contribution in [0.3, 0.4) is 0 Å². The van der Waals surface area contributed by atoms with Gasteiger partial charge in [-0.3, -0.25) is 9.59 Å². The first kappa shape index (κ1) is 72.8. The van der Waals surface area contributed by atoms with E-state index in [-0.39, 0.29) is 69.3 Å². The van der Waals surface area contributed by atoms with Crippen molar-refractivity contribution in [2.24, 2.45) is 41.4 Å². The Morgan fingerprint density at radius 2 is 1.41 bits per heavy atom. The van der Waals surface area contributed by atoms with Crippen LogP contribution in [0.15, 0.2) is 30.4 Å². The molecule has 2 bridgehead atoms. The highest BCUT2D eigenvalue weighted by atomic mass is 16.7. The number of phenols is 2. The Hall–Kier alpha value is -3.96. The number of methoxy groups -OCH3 is 1. The predicted molar refractivity (Wildman–Crippen MR) is 306 cm³/mol. The lowest BCUT2D eigenvalue weighted by Gasteiger charge is -2.44. The summed E-state index contributed by atoms with van der Waals surface area (Å²) in [5.74, 6) is -12.4. The average Bonchev–Trinajstić information content (AvgIpc) is 2.13. The number of rotatable bonds is 13. The third kappa shape index (κ3) is 19.3. The molecule has 3 fully saturated rings. The van der Waals surface area contributed by atoms with Gasteiger partial charge >= 0.3 is 17.9 Å². The van der Waals surface area contributed by atoms with Gasteiger partial charge in [0.25, 0.3) is 5.79 Å². The number of carbonyl (C=O) groups excluding carboxylic acids is 4. The number of phenolic OH excluding ortho intramolecular Hbond substituents is 2. The summed E-state index contributed by atoms with van der Waals surface area (Å²) in [5, 5.41) is 133. The summed E-state index contributed by atoms with van der Waals surface area (Å²) >= 11 is 0. The van der Waals surface area contributed by atoms with E-state index >= 15 is 0 Å². The van der Waals surface area contributed by atoms with Crippen LogP contribution in [0, 0.1) is 41.4 Å². The summed E-state index contributed by atoms with van der Waals surface area (Å²) in [6.45, 7) is 16.5. The minimum absolute atomic E-state index is 0.00680. The highest BCUT2D eigenvalue weighted by Gasteiger charge is 2.56. The van der Waals surface area contributed by atoms with Crippen molar-refractivity contribution < 1.29 is 118 Å². The monoisotopic (exact) mass is 1230 g/mol. The maximum absolute atomic E-state index is 13.8. The minimum Gasteiger partial charge on any atom is -0.504 e. The number of carbonyl (C=O) groups is 4. The molecular weight excluding hydrogens is 1130 g/mol. The van der Waals surface area contributed by atoms with E-state index in [1.54, 1.807) is 55.4 Å². The van der Waals surface area contributed by atoms with Crippen LogP contribution in [-0.2, 0) is 52.3 Å². The van der Waals surface area contributed by atoms with Crippen LogP contribution in [0.1, 0.15) is 157 Å². The van der Waals surface area contributed by atoms with Gasteiger partial charge in [0.15, 0.2) is 17.8 Å². The number of aromatic hydroxyl groups is 2. The molecule has 1 aromatic carbocycles. The summed E-state index contributed by atoms with van der Waals surface area (Å²) < 4.78 is 47.5. The first-order chi connectivity index (χ1) is 40.3. The molecule has 0 amide bonds. The van der Waals surface area contributed by atoms with Gasteiger partial charge in [-0.15, -0.1) is 0 Å². The molecule has 4 heterocycles. The van der Waals surface area contributed by atoms with Gasteiger partial charge in [0, 0.05) is 81.8 Å². The maximum Gasteiger partial charge on any atom is 0.338 e. The predicted octanol–water partition coefficient (Wildman–Crippen LogP) is 3.01. The Labute approximate surface area is 504 Å². The number of esters is 3. The van der Waals surface area contributed by atoms with Crippen LogP contribution in [0.25, 0.3) is 0 Å². The molecule has 86 heavy (non-hydrogen) atoms. The fourth-order valence-electron chi connectivity index (χ4n) is 12.6. The molecule has 0 saturated carbocycles. The molecule has 0 radical (unpaired) electrons. The van der Waals surface area contributed by atoms with Crippen LogP contribution in [0.5, 0.6) is 11.5 Å². The third-order valence-corrected chi connectivity index (χ3v) is 18.4. The molecular formula is C62H100O24. The van der Waals surface area contributed by atoms with E-state index in [0.717, 1.165) is 25.1 Å². The second-order valence-corrected chi connectivity index (χ2v) is 25.1. The molecule has 24 nitrogen and oxygen atoms in total. The summed E-state index contributed by atoms with van der Waals surface area (Å²) in [6.07, 6.45) is -17.3. The Morgan fingerprint density at radius 3 is 2.05 bits per heavy atom. The van der Waals surface area contributed by atoms with Crippen molar-refractivity contribution in [2.75, 3.05) is 7.11 Å². The van der Waals surface area contributed by atoms with E-state index < -0.39 is 193 Å². The number of aliphatic hydroxyl groups is 10. The molecule has 4 aliphatic heterocycles. The van der Waals surface area contributed by atoms with E-state index in [0.29, 0.717) is 19.3 Å². The molecule has 0 aliphatic carbocycles. The lowest BCUT2D eigenvalue weighted by molar-refractivity contribution is -0.309. The number of aliphatic hydroxyl groups excluding tert-OH is 9. The molecule has 12 N–H and O–H groups in total.